The van der Waals surface area contributed by atoms with Gasteiger partial charge in [0.25, 0.3) is 0 Å². The third-order valence-electron chi connectivity index (χ3n) is 2.74. The van der Waals surface area contributed by atoms with E-state index in [-0.39, 0.29) is 18.5 Å². The number of hydrogen-bond donors (Lipinski definition) is 0. The van der Waals surface area contributed by atoms with Gasteiger partial charge in [-0.2, -0.15) is 0 Å². The second kappa shape index (κ2) is 5.70. The fraction of sp³-hybridized carbons (Fsp3) is 0.400. The van der Waals surface area contributed by atoms with Crippen molar-refractivity contribution in [2.45, 2.75) is 38.2 Å². The van der Waals surface area contributed by atoms with Crippen LogP contribution in [0.5, 0.6) is 0 Å². The number of esters is 1. The molecule has 0 amide bonds. The highest BCUT2D eigenvalue weighted by Gasteiger charge is 2.17. The molecule has 1 aromatic heterocycles. The third kappa shape index (κ3) is 3.13. The van der Waals surface area contributed by atoms with Gasteiger partial charge in [-0.1, -0.05) is 11.6 Å². The highest BCUT2D eigenvalue weighted by molar-refractivity contribution is 7.98. The molecule has 0 unspecified atom stereocenters. The van der Waals surface area contributed by atoms with E-state index in [1.807, 2.05) is 39.2 Å². The number of hydrogen-bond acceptors (Lipinski definition) is 4. The molecule has 102 valence electrons. The Morgan fingerprint density at radius 2 is 2.16 bits per heavy atom. The smallest absolute Gasteiger partial charge is 0.313 e. The Kier molecular flexibility index (Phi) is 4.20. The van der Waals surface area contributed by atoms with E-state index >= 15 is 0 Å². The van der Waals surface area contributed by atoms with E-state index in [2.05, 4.69) is 6.07 Å². The van der Waals surface area contributed by atoms with E-state index in [9.17, 15) is 4.79 Å². The second-order valence-corrected chi connectivity index (χ2v) is 5.59. The lowest BCUT2D eigenvalue weighted by atomic mass is 10.2. The summed E-state index contributed by atoms with van der Waals surface area (Å²) >= 11 is 1.60. The molecule has 3 nitrogen and oxygen atoms in total. The van der Waals surface area contributed by atoms with E-state index in [0.29, 0.717) is 5.76 Å². The van der Waals surface area contributed by atoms with Gasteiger partial charge in [-0.15, -0.1) is 11.8 Å². The molecule has 1 heterocycles. The van der Waals surface area contributed by atoms with Crippen molar-refractivity contribution in [1.82, 2.24) is 0 Å². The van der Waals surface area contributed by atoms with Crippen LogP contribution < -0.4 is 0 Å². The van der Waals surface area contributed by atoms with Crippen molar-refractivity contribution in [3.63, 3.8) is 0 Å². The van der Waals surface area contributed by atoms with Gasteiger partial charge in [0.05, 0.1) is 11.0 Å². The molecule has 0 saturated carbocycles. The lowest BCUT2D eigenvalue weighted by Crippen LogP contribution is -2.13. The summed E-state index contributed by atoms with van der Waals surface area (Å²) < 4.78 is 10.9. The van der Waals surface area contributed by atoms with Crippen LogP contribution in [0.25, 0.3) is 11.0 Å². The molecule has 4 heteroatoms. The monoisotopic (exact) mass is 278 g/mol. The van der Waals surface area contributed by atoms with Gasteiger partial charge in [-0.3, -0.25) is 4.79 Å². The first kappa shape index (κ1) is 14.0. The predicted molar refractivity (Wildman–Crippen MR) is 77.7 cm³/mol. The molecule has 0 bridgehead atoms. The molecule has 0 spiro atoms. The van der Waals surface area contributed by atoms with Gasteiger partial charge in [0.15, 0.2) is 0 Å². The highest BCUT2D eigenvalue weighted by Crippen LogP contribution is 2.34. The first-order valence-corrected chi connectivity index (χ1v) is 7.49. The maximum Gasteiger partial charge on any atom is 0.313 e. The largest absolute Gasteiger partial charge is 0.463 e. The molecule has 1 aromatic carbocycles. The van der Waals surface area contributed by atoms with Crippen molar-refractivity contribution in [2.24, 2.45) is 0 Å². The number of carbonyl (C=O) groups excluding carboxylic acids is 1. The quantitative estimate of drug-likeness (QED) is 0.627. The summed E-state index contributed by atoms with van der Waals surface area (Å²) in [4.78, 5) is 12.8. The number of furan rings is 1. The minimum Gasteiger partial charge on any atom is -0.463 e. The summed E-state index contributed by atoms with van der Waals surface area (Å²) in [5.41, 5.74) is 2.00. The molecular formula is C15H18O3S. The van der Waals surface area contributed by atoms with Crippen LogP contribution in [0.2, 0.25) is 0 Å². The number of benzene rings is 1. The Hall–Kier alpha value is -1.42. The van der Waals surface area contributed by atoms with Crippen LogP contribution in [0.3, 0.4) is 0 Å². The summed E-state index contributed by atoms with van der Waals surface area (Å²) in [5.74, 6) is 0.444. The highest BCUT2D eigenvalue weighted by atomic mass is 32.2. The van der Waals surface area contributed by atoms with Gasteiger partial charge in [-0.05, 0) is 39.2 Å². The Balaban J connectivity index is 2.35. The fourth-order valence-corrected chi connectivity index (χ4v) is 2.74. The lowest BCUT2D eigenvalue weighted by molar-refractivity contribution is -0.146. The van der Waals surface area contributed by atoms with Crippen molar-refractivity contribution in [2.75, 3.05) is 6.26 Å². The van der Waals surface area contributed by atoms with Gasteiger partial charge < -0.3 is 9.15 Å². The fourth-order valence-electron chi connectivity index (χ4n) is 2.02. The Labute approximate surface area is 117 Å². The number of ether oxygens (including phenoxy) is 1. The van der Waals surface area contributed by atoms with Crippen molar-refractivity contribution >= 4 is 28.7 Å². The maximum atomic E-state index is 11.7. The second-order valence-electron chi connectivity index (χ2n) is 4.77. The number of aryl methyl sites for hydroxylation is 1. The van der Waals surface area contributed by atoms with Crippen LogP contribution in [-0.4, -0.2) is 18.3 Å². The molecule has 0 fully saturated rings. The van der Waals surface area contributed by atoms with E-state index < -0.39 is 0 Å². The van der Waals surface area contributed by atoms with Gasteiger partial charge >= 0.3 is 5.97 Å². The number of thioether (sulfide) groups is 1. The molecule has 0 aliphatic heterocycles. The maximum absolute atomic E-state index is 11.7. The standard InChI is InChI=1S/C15H18O3S/c1-9(2)17-14(16)8-13-15(19-4)11-7-10(3)5-6-12(11)18-13/h5-7,9H,8H2,1-4H3. The lowest BCUT2D eigenvalue weighted by Gasteiger charge is -2.06. The number of rotatable bonds is 4. The van der Waals surface area contributed by atoms with Crippen LogP contribution in [0.15, 0.2) is 27.5 Å². The topological polar surface area (TPSA) is 39.4 Å². The summed E-state index contributed by atoms with van der Waals surface area (Å²) in [5, 5.41) is 1.07. The van der Waals surface area contributed by atoms with Crippen molar-refractivity contribution in [3.8, 4) is 0 Å². The van der Waals surface area contributed by atoms with Gasteiger partial charge in [0, 0.05) is 5.39 Å². The molecule has 2 aromatic rings. The molecule has 2 rings (SSSR count). The molecule has 0 saturated heterocycles. The molecular weight excluding hydrogens is 260 g/mol. The molecule has 0 atom stereocenters. The Morgan fingerprint density at radius 1 is 1.42 bits per heavy atom. The third-order valence-corrected chi connectivity index (χ3v) is 3.60. The molecule has 0 radical (unpaired) electrons. The summed E-state index contributed by atoms with van der Waals surface area (Å²) in [6.45, 7) is 5.73. The summed E-state index contributed by atoms with van der Waals surface area (Å²) in [6, 6.07) is 6.04. The SMILES string of the molecule is CSc1c(CC(=O)OC(C)C)oc2ccc(C)cc12. The molecule has 0 N–H and O–H groups in total. The zero-order valence-corrected chi connectivity index (χ0v) is 12.5. The summed E-state index contributed by atoms with van der Waals surface area (Å²) in [6.07, 6.45) is 2.07. The number of carbonyl (C=O) groups is 1. The number of fused-ring (bicyclic) bond motifs is 1. The van der Waals surface area contributed by atoms with Crippen LogP contribution >= 0.6 is 11.8 Å². The van der Waals surface area contributed by atoms with E-state index in [4.69, 9.17) is 9.15 Å². The minimum atomic E-state index is -0.249. The van der Waals surface area contributed by atoms with Crippen LogP contribution in [-0.2, 0) is 16.0 Å². The molecule has 0 aliphatic carbocycles. The predicted octanol–water partition coefficient (Wildman–Crippen LogP) is 3.96. The normalized spacial score (nSPS) is 11.2. The van der Waals surface area contributed by atoms with Crippen molar-refractivity contribution in [3.05, 3.63) is 29.5 Å². The summed E-state index contributed by atoms with van der Waals surface area (Å²) in [7, 11) is 0. The van der Waals surface area contributed by atoms with Crippen molar-refractivity contribution in [1.29, 1.82) is 0 Å². The molecule has 19 heavy (non-hydrogen) atoms. The van der Waals surface area contributed by atoms with Gasteiger partial charge in [0.2, 0.25) is 0 Å². The van der Waals surface area contributed by atoms with E-state index in [1.54, 1.807) is 11.8 Å². The average molecular weight is 278 g/mol. The van der Waals surface area contributed by atoms with Gasteiger partial charge in [-0.25, -0.2) is 0 Å². The zero-order valence-electron chi connectivity index (χ0n) is 11.6. The van der Waals surface area contributed by atoms with Crippen LogP contribution in [0.4, 0.5) is 0 Å². The average Bonchev–Trinajstić information content (AvgIpc) is 2.64. The zero-order chi connectivity index (χ0) is 14.0. The Bertz CT molecular complexity index is 599. The Morgan fingerprint density at radius 3 is 2.79 bits per heavy atom. The van der Waals surface area contributed by atoms with Gasteiger partial charge in [0.1, 0.15) is 17.8 Å². The van der Waals surface area contributed by atoms with E-state index in [0.717, 1.165) is 15.9 Å². The van der Waals surface area contributed by atoms with Crippen LogP contribution in [0, 0.1) is 6.92 Å². The first-order chi connectivity index (χ1) is 9.01. The van der Waals surface area contributed by atoms with Crippen molar-refractivity contribution < 1.29 is 13.9 Å². The van der Waals surface area contributed by atoms with Crippen LogP contribution in [0.1, 0.15) is 25.2 Å². The minimum absolute atomic E-state index is 0.100. The first-order valence-electron chi connectivity index (χ1n) is 6.26. The van der Waals surface area contributed by atoms with E-state index in [1.165, 1.54) is 5.56 Å². The molecule has 0 aliphatic rings.